The number of hydrogen-bond donors (Lipinski definition) is 3. The molecular formula is C34H36N8O2. The standard InChI is InChI=1S/C34H36N8O2/c1-19-8-5-9-22(14-19)32(43)37-27-12-6-11-24-26(27)18-42(33(24)44)28-13-7-10-23-25(17-35-31(23)28)30-20(2)16-36-34(39-30)38-29-15-21(3)41(4)40-29/h6-7,10-13,15-17,19,22,35H,5,8-9,14,18H2,1-4H3,(H,37,43)(H,36,38,39,40). The van der Waals surface area contributed by atoms with Crippen molar-refractivity contribution in [2.75, 3.05) is 15.5 Å². The highest BCUT2D eigenvalue weighted by Crippen LogP contribution is 2.39. The van der Waals surface area contributed by atoms with Crippen LogP contribution in [0, 0.1) is 25.7 Å². The van der Waals surface area contributed by atoms with Crippen LogP contribution in [0.3, 0.4) is 0 Å². The van der Waals surface area contributed by atoms with Crippen LogP contribution < -0.4 is 15.5 Å². The van der Waals surface area contributed by atoms with Crippen molar-refractivity contribution in [2.24, 2.45) is 18.9 Å². The minimum Gasteiger partial charge on any atom is -0.359 e. The first kappa shape index (κ1) is 27.8. The van der Waals surface area contributed by atoms with Crippen molar-refractivity contribution < 1.29 is 9.59 Å². The second-order valence-corrected chi connectivity index (χ2v) is 12.2. The number of carbonyl (C=O) groups is 2. The maximum Gasteiger partial charge on any atom is 0.259 e. The maximum absolute atomic E-state index is 13.8. The van der Waals surface area contributed by atoms with E-state index in [2.05, 4.69) is 32.6 Å². The zero-order chi connectivity index (χ0) is 30.5. The summed E-state index contributed by atoms with van der Waals surface area (Å²) in [5.41, 5.74) is 7.48. The number of para-hydroxylation sites is 1. The molecule has 2 unspecified atom stereocenters. The van der Waals surface area contributed by atoms with Crippen molar-refractivity contribution in [1.82, 2.24) is 24.7 Å². The number of aryl methyl sites for hydroxylation is 3. The number of nitrogens with zero attached hydrogens (tertiary/aromatic N) is 5. The van der Waals surface area contributed by atoms with E-state index in [4.69, 9.17) is 4.98 Å². The van der Waals surface area contributed by atoms with E-state index in [-0.39, 0.29) is 17.7 Å². The Kier molecular flexibility index (Phi) is 6.91. The van der Waals surface area contributed by atoms with E-state index in [9.17, 15) is 9.59 Å². The van der Waals surface area contributed by atoms with Crippen LogP contribution in [-0.2, 0) is 18.4 Å². The molecule has 1 aliphatic carbocycles. The molecule has 0 spiro atoms. The predicted octanol–water partition coefficient (Wildman–Crippen LogP) is 6.64. The molecule has 3 aromatic heterocycles. The van der Waals surface area contributed by atoms with Gasteiger partial charge >= 0.3 is 0 Å². The topological polar surface area (TPSA) is 121 Å². The van der Waals surface area contributed by atoms with Crippen molar-refractivity contribution in [3.8, 4) is 11.3 Å². The van der Waals surface area contributed by atoms with Crippen molar-refractivity contribution >= 4 is 45.9 Å². The normalized spacial score (nSPS) is 18.1. The molecular weight excluding hydrogens is 552 g/mol. The van der Waals surface area contributed by atoms with Gasteiger partial charge < -0.3 is 20.5 Å². The summed E-state index contributed by atoms with van der Waals surface area (Å²) in [6.07, 6.45) is 7.82. The number of aromatic nitrogens is 5. The van der Waals surface area contributed by atoms with Gasteiger partial charge in [0.15, 0.2) is 5.82 Å². The summed E-state index contributed by atoms with van der Waals surface area (Å²) in [5.74, 6) is 1.68. The third kappa shape index (κ3) is 4.90. The van der Waals surface area contributed by atoms with Crippen molar-refractivity contribution in [1.29, 1.82) is 0 Å². The Hall–Kier alpha value is -4.99. The molecule has 10 nitrogen and oxygen atoms in total. The van der Waals surface area contributed by atoms with E-state index in [1.807, 2.05) is 69.6 Å². The molecule has 0 saturated heterocycles. The minimum absolute atomic E-state index is 0.0166. The van der Waals surface area contributed by atoms with E-state index < -0.39 is 0 Å². The summed E-state index contributed by atoms with van der Waals surface area (Å²) in [6.45, 7) is 6.57. The van der Waals surface area contributed by atoms with Crippen LogP contribution in [0.25, 0.3) is 22.2 Å². The number of rotatable bonds is 6. The van der Waals surface area contributed by atoms with E-state index in [0.29, 0.717) is 29.8 Å². The first-order valence-corrected chi connectivity index (χ1v) is 15.2. The number of hydrogen-bond acceptors (Lipinski definition) is 6. The van der Waals surface area contributed by atoms with Gasteiger partial charge in [0.05, 0.1) is 23.4 Å². The molecule has 44 heavy (non-hydrogen) atoms. The zero-order valence-corrected chi connectivity index (χ0v) is 25.4. The smallest absolute Gasteiger partial charge is 0.259 e. The lowest BCUT2D eigenvalue weighted by atomic mass is 9.82. The molecule has 2 aliphatic rings. The fourth-order valence-corrected chi connectivity index (χ4v) is 6.62. The fraction of sp³-hybridized carbons (Fsp3) is 0.324. The van der Waals surface area contributed by atoms with Crippen LogP contribution in [0.1, 0.15) is 59.8 Å². The van der Waals surface area contributed by atoms with Gasteiger partial charge in [-0.3, -0.25) is 14.3 Å². The molecule has 7 rings (SSSR count). The highest BCUT2D eigenvalue weighted by Gasteiger charge is 2.33. The minimum atomic E-state index is -0.0820. The molecule has 2 atom stereocenters. The van der Waals surface area contributed by atoms with E-state index in [0.717, 1.165) is 69.6 Å². The average Bonchev–Trinajstić information content (AvgIpc) is 3.69. The lowest BCUT2D eigenvalue weighted by Gasteiger charge is -2.26. The summed E-state index contributed by atoms with van der Waals surface area (Å²) >= 11 is 0. The molecule has 4 heterocycles. The molecule has 2 amide bonds. The van der Waals surface area contributed by atoms with Crippen molar-refractivity contribution in [2.45, 2.75) is 53.0 Å². The summed E-state index contributed by atoms with van der Waals surface area (Å²) in [5, 5.41) is 11.8. The van der Waals surface area contributed by atoms with E-state index in [1.54, 1.807) is 15.8 Å². The molecule has 0 radical (unpaired) electrons. The molecule has 1 saturated carbocycles. The van der Waals surface area contributed by atoms with Gasteiger partial charge in [0.1, 0.15) is 0 Å². The molecule has 1 aliphatic heterocycles. The molecule has 10 heteroatoms. The molecule has 2 aromatic carbocycles. The number of benzene rings is 2. The van der Waals surface area contributed by atoms with Gasteiger partial charge in [0.25, 0.3) is 5.91 Å². The number of carbonyl (C=O) groups excluding carboxylic acids is 2. The third-order valence-corrected chi connectivity index (χ3v) is 9.10. The maximum atomic E-state index is 13.8. The lowest BCUT2D eigenvalue weighted by molar-refractivity contribution is -0.121. The Morgan fingerprint density at radius 1 is 1.09 bits per heavy atom. The Morgan fingerprint density at radius 3 is 2.73 bits per heavy atom. The Morgan fingerprint density at radius 2 is 1.93 bits per heavy atom. The van der Waals surface area contributed by atoms with Gasteiger partial charge in [-0.2, -0.15) is 5.10 Å². The summed E-state index contributed by atoms with van der Waals surface area (Å²) < 4.78 is 1.80. The quantitative estimate of drug-likeness (QED) is 0.204. The van der Waals surface area contributed by atoms with Crippen LogP contribution in [0.5, 0.6) is 0 Å². The van der Waals surface area contributed by atoms with E-state index in [1.165, 1.54) is 6.42 Å². The Balaban J connectivity index is 1.18. The SMILES string of the molecule is Cc1cnc(Nc2cc(C)n(C)n2)nc1-c1c[nH]c2c(N3Cc4c(NC(=O)C5CCCC(C)C5)cccc4C3=O)cccc12. The predicted molar refractivity (Wildman–Crippen MR) is 172 cm³/mol. The number of amides is 2. The van der Waals surface area contributed by atoms with Gasteiger partial charge in [-0.1, -0.05) is 38.0 Å². The largest absolute Gasteiger partial charge is 0.359 e. The fourth-order valence-electron chi connectivity index (χ4n) is 6.62. The number of fused-ring (bicyclic) bond motifs is 2. The van der Waals surface area contributed by atoms with Crippen LogP contribution in [0.15, 0.2) is 54.9 Å². The zero-order valence-electron chi connectivity index (χ0n) is 25.4. The van der Waals surface area contributed by atoms with Crippen LogP contribution in [0.2, 0.25) is 0 Å². The summed E-state index contributed by atoms with van der Waals surface area (Å²) in [4.78, 5) is 41.5. The second kappa shape index (κ2) is 10.9. The van der Waals surface area contributed by atoms with E-state index >= 15 is 0 Å². The van der Waals surface area contributed by atoms with Crippen LogP contribution in [-0.4, -0.2) is 36.5 Å². The molecule has 5 aromatic rings. The average molecular weight is 589 g/mol. The molecule has 224 valence electrons. The Labute approximate surface area is 255 Å². The highest BCUT2D eigenvalue weighted by atomic mass is 16.2. The first-order chi connectivity index (χ1) is 21.3. The summed E-state index contributed by atoms with van der Waals surface area (Å²) in [6, 6.07) is 13.5. The number of H-pyrrole nitrogens is 1. The first-order valence-electron chi connectivity index (χ1n) is 15.2. The lowest BCUT2D eigenvalue weighted by Crippen LogP contribution is -2.27. The van der Waals surface area contributed by atoms with Gasteiger partial charge in [0, 0.05) is 64.9 Å². The monoisotopic (exact) mass is 588 g/mol. The van der Waals surface area contributed by atoms with Gasteiger partial charge in [-0.05, 0) is 56.4 Å². The van der Waals surface area contributed by atoms with Gasteiger partial charge in [0.2, 0.25) is 11.9 Å². The van der Waals surface area contributed by atoms with Gasteiger partial charge in [-0.25, -0.2) is 9.97 Å². The van der Waals surface area contributed by atoms with Crippen molar-refractivity contribution in [3.63, 3.8) is 0 Å². The highest BCUT2D eigenvalue weighted by molar-refractivity contribution is 6.15. The summed E-state index contributed by atoms with van der Waals surface area (Å²) in [7, 11) is 1.89. The van der Waals surface area contributed by atoms with Crippen LogP contribution >= 0.6 is 0 Å². The molecule has 0 bridgehead atoms. The number of aromatic amines is 1. The third-order valence-electron chi connectivity index (χ3n) is 9.10. The van der Waals surface area contributed by atoms with Crippen molar-refractivity contribution in [3.05, 3.63) is 77.2 Å². The second-order valence-electron chi connectivity index (χ2n) is 12.2. The number of nitrogens with one attached hydrogen (secondary N) is 3. The molecule has 3 N–H and O–H groups in total. The number of anilines is 4. The molecule has 1 fully saturated rings. The Bertz CT molecular complexity index is 1900. The van der Waals surface area contributed by atoms with Gasteiger partial charge in [-0.15, -0.1) is 0 Å². The van der Waals surface area contributed by atoms with Crippen LogP contribution in [0.4, 0.5) is 23.1 Å².